The zero-order valence-corrected chi connectivity index (χ0v) is 12.0. The van der Waals surface area contributed by atoms with Crippen LogP contribution in [0.2, 0.25) is 0 Å². The molecule has 0 aliphatic heterocycles. The van der Waals surface area contributed by atoms with Crippen LogP contribution >= 0.6 is 0 Å². The van der Waals surface area contributed by atoms with Gasteiger partial charge >= 0.3 is 0 Å². The summed E-state index contributed by atoms with van der Waals surface area (Å²) in [7, 11) is 0. The highest BCUT2D eigenvalue weighted by Gasteiger charge is 2.24. The lowest BCUT2D eigenvalue weighted by molar-refractivity contribution is -0.128. The Kier molecular flexibility index (Phi) is 6.89. The largest absolute Gasteiger partial charge is 0.298 e. The first kappa shape index (κ1) is 15.6. The summed E-state index contributed by atoms with van der Waals surface area (Å²) in [5.74, 6) is 0.351. The van der Waals surface area contributed by atoms with Gasteiger partial charge in [0.2, 0.25) is 0 Å². The number of unbranched alkanes of at least 4 members (excludes halogenated alkanes) is 1. The third kappa shape index (κ3) is 5.64. The maximum Gasteiger partial charge on any atom is 0.152 e. The number of nitrogens with zero attached hydrogens (tertiary/aromatic N) is 1. The second kappa shape index (κ2) is 7.05. The molecule has 2 heteroatoms. The topological polar surface area (TPSA) is 20.3 Å². The molecule has 16 heavy (non-hydrogen) atoms. The van der Waals surface area contributed by atoms with Gasteiger partial charge in [0.1, 0.15) is 0 Å². The maximum absolute atomic E-state index is 12.0. The van der Waals surface area contributed by atoms with Gasteiger partial charge < -0.3 is 0 Å². The minimum Gasteiger partial charge on any atom is -0.298 e. The second-order valence-corrected chi connectivity index (χ2v) is 5.75. The fourth-order valence-corrected chi connectivity index (χ4v) is 1.50. The molecule has 0 saturated carbocycles. The Morgan fingerprint density at radius 3 is 2.19 bits per heavy atom. The Bertz CT molecular complexity index is 205. The van der Waals surface area contributed by atoms with Crippen LogP contribution in [0.15, 0.2) is 0 Å². The highest BCUT2D eigenvalue weighted by atomic mass is 16.1. The number of hydrogen-bond donors (Lipinski definition) is 0. The molecule has 0 aromatic rings. The van der Waals surface area contributed by atoms with E-state index < -0.39 is 0 Å². The molecule has 0 aromatic heterocycles. The summed E-state index contributed by atoms with van der Waals surface area (Å²) in [5, 5.41) is 0. The average molecular weight is 227 g/mol. The highest BCUT2D eigenvalue weighted by Crippen LogP contribution is 2.17. The lowest BCUT2D eigenvalue weighted by Crippen LogP contribution is -2.41. The van der Waals surface area contributed by atoms with Crippen LogP contribution in [0.4, 0.5) is 0 Å². The van der Waals surface area contributed by atoms with Gasteiger partial charge in [-0.25, -0.2) is 0 Å². The Labute approximate surface area is 101 Å². The Hall–Kier alpha value is -0.370. The van der Waals surface area contributed by atoms with Crippen molar-refractivity contribution in [1.82, 2.24) is 4.90 Å². The number of hydrogen-bond acceptors (Lipinski definition) is 2. The van der Waals surface area contributed by atoms with Gasteiger partial charge in [-0.05, 0) is 26.3 Å². The number of rotatable bonds is 7. The maximum atomic E-state index is 12.0. The predicted octanol–water partition coefficient (Wildman–Crippen LogP) is 3.50. The van der Waals surface area contributed by atoms with E-state index in [9.17, 15) is 4.79 Å². The van der Waals surface area contributed by atoms with Crippen LogP contribution in [-0.2, 0) is 4.79 Å². The van der Waals surface area contributed by atoms with E-state index in [0.717, 1.165) is 13.0 Å². The summed E-state index contributed by atoms with van der Waals surface area (Å²) < 4.78 is 0. The zero-order chi connectivity index (χ0) is 12.8. The van der Waals surface area contributed by atoms with Crippen molar-refractivity contribution < 1.29 is 4.79 Å². The van der Waals surface area contributed by atoms with Crippen LogP contribution in [0, 0.1) is 5.41 Å². The SMILES string of the molecule is CCCCN(CC(=O)C(C)(C)C)C(C)CC. The molecule has 0 radical (unpaired) electrons. The average Bonchev–Trinajstić information content (AvgIpc) is 2.21. The molecule has 0 bridgehead atoms. The van der Waals surface area contributed by atoms with Crippen LogP contribution in [0.3, 0.4) is 0 Å². The molecule has 0 aliphatic rings. The molecule has 96 valence electrons. The third-order valence-electron chi connectivity index (χ3n) is 3.20. The first-order valence-corrected chi connectivity index (χ1v) is 6.60. The highest BCUT2D eigenvalue weighted by molar-refractivity contribution is 5.85. The molecule has 0 aromatic carbocycles. The molecule has 0 spiro atoms. The predicted molar refractivity (Wildman–Crippen MR) is 70.7 cm³/mol. The number of carbonyl (C=O) groups excluding carboxylic acids is 1. The van der Waals surface area contributed by atoms with E-state index in [1.807, 2.05) is 20.8 Å². The van der Waals surface area contributed by atoms with E-state index in [-0.39, 0.29) is 5.41 Å². The Balaban J connectivity index is 4.36. The van der Waals surface area contributed by atoms with E-state index in [4.69, 9.17) is 0 Å². The minimum atomic E-state index is -0.210. The van der Waals surface area contributed by atoms with Crippen molar-refractivity contribution in [3.05, 3.63) is 0 Å². The molecule has 2 nitrogen and oxygen atoms in total. The van der Waals surface area contributed by atoms with Gasteiger partial charge in [-0.1, -0.05) is 41.0 Å². The van der Waals surface area contributed by atoms with Crippen molar-refractivity contribution >= 4 is 5.78 Å². The second-order valence-electron chi connectivity index (χ2n) is 5.75. The summed E-state index contributed by atoms with van der Waals surface area (Å²) in [6.07, 6.45) is 3.49. The first-order valence-electron chi connectivity index (χ1n) is 6.60. The fraction of sp³-hybridized carbons (Fsp3) is 0.929. The molecule has 0 rings (SSSR count). The molecule has 1 atom stereocenters. The normalized spacial score (nSPS) is 14.2. The molecule has 1 unspecified atom stereocenters. The smallest absolute Gasteiger partial charge is 0.152 e. The van der Waals surface area contributed by atoms with Gasteiger partial charge in [-0.2, -0.15) is 0 Å². The summed E-state index contributed by atoms with van der Waals surface area (Å²) in [4.78, 5) is 14.3. The van der Waals surface area contributed by atoms with Crippen molar-refractivity contribution in [2.45, 2.75) is 66.8 Å². The summed E-state index contributed by atoms with van der Waals surface area (Å²) in [6.45, 7) is 14.3. The molecule has 0 amide bonds. The Morgan fingerprint density at radius 2 is 1.81 bits per heavy atom. The lowest BCUT2D eigenvalue weighted by Gasteiger charge is -2.30. The summed E-state index contributed by atoms with van der Waals surface area (Å²) in [5.41, 5.74) is -0.210. The quantitative estimate of drug-likeness (QED) is 0.663. The van der Waals surface area contributed by atoms with Crippen molar-refractivity contribution in [3.8, 4) is 0 Å². The van der Waals surface area contributed by atoms with E-state index in [2.05, 4.69) is 25.7 Å². The molecule has 0 N–H and O–H groups in total. The number of carbonyl (C=O) groups is 1. The standard InChI is InChI=1S/C14H29NO/c1-7-9-10-15(12(3)8-2)11-13(16)14(4,5)6/h12H,7-11H2,1-6H3. The molecular formula is C14H29NO. The van der Waals surface area contributed by atoms with E-state index in [1.165, 1.54) is 12.8 Å². The van der Waals surface area contributed by atoms with Crippen LogP contribution in [-0.4, -0.2) is 29.8 Å². The van der Waals surface area contributed by atoms with E-state index in [0.29, 0.717) is 18.4 Å². The molecule has 0 saturated heterocycles. The van der Waals surface area contributed by atoms with E-state index in [1.54, 1.807) is 0 Å². The van der Waals surface area contributed by atoms with Gasteiger partial charge in [0.25, 0.3) is 0 Å². The fourth-order valence-electron chi connectivity index (χ4n) is 1.50. The third-order valence-corrected chi connectivity index (χ3v) is 3.20. The number of Topliss-reactive ketones (excluding diaryl/α,β-unsaturated/α-hetero) is 1. The first-order chi connectivity index (χ1) is 7.32. The van der Waals surface area contributed by atoms with Crippen molar-refractivity contribution in [2.75, 3.05) is 13.1 Å². The van der Waals surface area contributed by atoms with Crippen LogP contribution in [0.1, 0.15) is 60.8 Å². The van der Waals surface area contributed by atoms with Gasteiger partial charge in [0, 0.05) is 11.5 Å². The van der Waals surface area contributed by atoms with Gasteiger partial charge in [-0.15, -0.1) is 0 Å². The zero-order valence-electron chi connectivity index (χ0n) is 12.0. The molecule has 0 fully saturated rings. The lowest BCUT2D eigenvalue weighted by atomic mass is 9.90. The molecule has 0 aliphatic carbocycles. The molecular weight excluding hydrogens is 198 g/mol. The van der Waals surface area contributed by atoms with Crippen LogP contribution < -0.4 is 0 Å². The van der Waals surface area contributed by atoms with E-state index >= 15 is 0 Å². The Morgan fingerprint density at radius 1 is 1.25 bits per heavy atom. The van der Waals surface area contributed by atoms with Crippen molar-refractivity contribution in [3.63, 3.8) is 0 Å². The van der Waals surface area contributed by atoms with Crippen molar-refractivity contribution in [2.24, 2.45) is 5.41 Å². The molecule has 0 heterocycles. The van der Waals surface area contributed by atoms with Crippen LogP contribution in [0.25, 0.3) is 0 Å². The van der Waals surface area contributed by atoms with Gasteiger partial charge in [-0.3, -0.25) is 9.69 Å². The monoisotopic (exact) mass is 227 g/mol. The summed E-state index contributed by atoms with van der Waals surface area (Å²) >= 11 is 0. The van der Waals surface area contributed by atoms with Gasteiger partial charge in [0.15, 0.2) is 5.78 Å². The van der Waals surface area contributed by atoms with Crippen molar-refractivity contribution in [1.29, 1.82) is 0 Å². The van der Waals surface area contributed by atoms with Gasteiger partial charge in [0.05, 0.1) is 6.54 Å². The summed E-state index contributed by atoms with van der Waals surface area (Å²) in [6, 6.07) is 0.512. The minimum absolute atomic E-state index is 0.210. The number of ketones is 1. The van der Waals surface area contributed by atoms with Crippen LogP contribution in [0.5, 0.6) is 0 Å².